The quantitative estimate of drug-likeness (QED) is 0.276. The average molecular weight is 507 g/mol. The number of aromatic nitrogens is 3. The third-order valence-electron chi connectivity index (χ3n) is 6.45. The molecule has 0 aromatic carbocycles. The highest BCUT2D eigenvalue weighted by Gasteiger charge is 2.52. The first-order valence-corrected chi connectivity index (χ1v) is 12.6. The SMILES string of the molecule is CC(CO)(OC[C@H]1OC[C@@](O)(c2ccc3c(NC4CCCC4)nc(Cl)nn23)[C@@H]1O)P(=O)(O)O. The van der Waals surface area contributed by atoms with Crippen LogP contribution in [0.25, 0.3) is 5.52 Å². The lowest BCUT2D eigenvalue weighted by molar-refractivity contribution is -0.0945. The number of ether oxygens (including phenoxy) is 2. The molecular weight excluding hydrogens is 479 g/mol. The van der Waals surface area contributed by atoms with E-state index in [1.807, 2.05) is 0 Å². The molecule has 4 rings (SSSR count). The van der Waals surface area contributed by atoms with Crippen molar-refractivity contribution in [3.05, 3.63) is 23.1 Å². The van der Waals surface area contributed by atoms with E-state index in [0.29, 0.717) is 11.3 Å². The van der Waals surface area contributed by atoms with Crippen LogP contribution in [0.1, 0.15) is 38.3 Å². The second-order valence-electron chi connectivity index (χ2n) is 8.78. The van der Waals surface area contributed by atoms with E-state index in [0.717, 1.165) is 32.6 Å². The van der Waals surface area contributed by atoms with Crippen LogP contribution in [-0.2, 0) is 19.6 Å². The molecule has 1 aliphatic carbocycles. The van der Waals surface area contributed by atoms with E-state index < -0.39 is 44.0 Å². The highest BCUT2D eigenvalue weighted by molar-refractivity contribution is 7.53. The summed E-state index contributed by atoms with van der Waals surface area (Å²) in [5.41, 5.74) is -1.12. The standard InChI is InChI=1S/C19H28ClN4O8P/c1-18(9-25,33(28,29)30)32-8-13-15(26)19(27,10-31-13)14-7-6-12-16(21-11-4-2-3-5-11)22-17(20)23-24(12)14/h6-7,11,13,15,25-27H,2-5,8-10H2,1H3,(H,21,22,23)(H2,28,29,30)/t13-,15-,18?,19-/m1/s1. The van der Waals surface area contributed by atoms with Crippen molar-refractivity contribution in [2.24, 2.45) is 0 Å². The molecule has 2 aliphatic rings. The Morgan fingerprint density at radius 2 is 2.09 bits per heavy atom. The first-order valence-electron chi connectivity index (χ1n) is 10.6. The van der Waals surface area contributed by atoms with E-state index >= 15 is 0 Å². The number of hydrogen-bond donors (Lipinski definition) is 6. The lowest BCUT2D eigenvalue weighted by atomic mass is 9.93. The Labute approximate surface area is 194 Å². The van der Waals surface area contributed by atoms with Crippen LogP contribution < -0.4 is 5.32 Å². The number of anilines is 1. The van der Waals surface area contributed by atoms with E-state index in [-0.39, 0.29) is 23.6 Å². The number of aliphatic hydroxyl groups excluding tert-OH is 2. The maximum atomic E-state index is 11.6. The van der Waals surface area contributed by atoms with Crippen molar-refractivity contribution in [2.45, 2.75) is 61.8 Å². The third-order valence-corrected chi connectivity index (χ3v) is 8.11. The van der Waals surface area contributed by atoms with Gasteiger partial charge in [-0.1, -0.05) is 12.8 Å². The zero-order chi connectivity index (χ0) is 24.0. The van der Waals surface area contributed by atoms with Crippen LogP contribution in [0.3, 0.4) is 0 Å². The Bertz CT molecular complexity index is 1060. The van der Waals surface area contributed by atoms with Gasteiger partial charge in [-0.25, -0.2) is 4.52 Å². The number of nitrogens with one attached hydrogen (secondary N) is 1. The number of halogens is 1. The van der Waals surface area contributed by atoms with Crippen molar-refractivity contribution < 1.29 is 39.1 Å². The Hall–Kier alpha value is -1.34. The van der Waals surface area contributed by atoms with Crippen molar-refractivity contribution in [2.75, 3.05) is 25.1 Å². The van der Waals surface area contributed by atoms with Crippen molar-refractivity contribution in [1.29, 1.82) is 0 Å². The molecule has 1 aliphatic heterocycles. The van der Waals surface area contributed by atoms with Crippen molar-refractivity contribution >= 4 is 30.5 Å². The van der Waals surface area contributed by atoms with Crippen LogP contribution in [0.15, 0.2) is 12.1 Å². The largest absolute Gasteiger partial charge is 0.393 e. The second kappa shape index (κ2) is 9.03. The van der Waals surface area contributed by atoms with Crippen LogP contribution in [0, 0.1) is 0 Å². The summed E-state index contributed by atoms with van der Waals surface area (Å²) in [6.07, 6.45) is 1.65. The van der Waals surface area contributed by atoms with E-state index in [1.165, 1.54) is 4.52 Å². The molecule has 12 nitrogen and oxygen atoms in total. The summed E-state index contributed by atoms with van der Waals surface area (Å²) >= 11 is 6.14. The lowest BCUT2D eigenvalue weighted by Crippen LogP contribution is -2.45. The monoisotopic (exact) mass is 506 g/mol. The molecule has 1 unspecified atom stereocenters. The van der Waals surface area contributed by atoms with Gasteiger partial charge in [0.1, 0.15) is 17.7 Å². The molecule has 0 spiro atoms. The van der Waals surface area contributed by atoms with Gasteiger partial charge in [0.2, 0.25) is 5.28 Å². The molecule has 0 bridgehead atoms. The maximum absolute atomic E-state index is 11.6. The first kappa shape index (κ1) is 24.8. The number of fused-ring (bicyclic) bond motifs is 1. The predicted molar refractivity (Wildman–Crippen MR) is 117 cm³/mol. The van der Waals surface area contributed by atoms with Gasteiger partial charge in [0.25, 0.3) is 0 Å². The van der Waals surface area contributed by atoms with Gasteiger partial charge in [0.15, 0.2) is 16.8 Å². The smallest absolute Gasteiger partial charge is 0.359 e. The van der Waals surface area contributed by atoms with Crippen molar-refractivity contribution in [3.63, 3.8) is 0 Å². The van der Waals surface area contributed by atoms with E-state index in [1.54, 1.807) is 12.1 Å². The molecule has 1 saturated heterocycles. The molecule has 2 aromatic rings. The summed E-state index contributed by atoms with van der Waals surface area (Å²) in [7, 11) is -4.82. The highest BCUT2D eigenvalue weighted by atomic mass is 35.5. The van der Waals surface area contributed by atoms with Crippen LogP contribution in [-0.4, -0.2) is 83.1 Å². The summed E-state index contributed by atoms with van der Waals surface area (Å²) < 4.78 is 23.8. The maximum Gasteiger partial charge on any atom is 0.359 e. The number of rotatable bonds is 8. The highest BCUT2D eigenvalue weighted by Crippen LogP contribution is 2.51. The van der Waals surface area contributed by atoms with Gasteiger partial charge >= 0.3 is 7.60 Å². The molecule has 2 fully saturated rings. The van der Waals surface area contributed by atoms with E-state index in [2.05, 4.69) is 15.4 Å². The summed E-state index contributed by atoms with van der Waals surface area (Å²) in [6, 6.07) is 3.55. The average Bonchev–Trinajstić information content (AvgIpc) is 3.47. The predicted octanol–water partition coefficient (Wildman–Crippen LogP) is 0.587. The van der Waals surface area contributed by atoms with Crippen LogP contribution in [0.4, 0.5) is 5.82 Å². The number of aliphatic hydroxyl groups is 3. The zero-order valence-electron chi connectivity index (χ0n) is 18.0. The summed E-state index contributed by atoms with van der Waals surface area (Å²) in [5, 5.41) is 36.9. The lowest BCUT2D eigenvalue weighted by Gasteiger charge is -2.31. The molecule has 184 valence electrons. The Morgan fingerprint density at radius 1 is 1.39 bits per heavy atom. The normalized spacial score (nSPS) is 28.5. The Kier molecular flexibility index (Phi) is 6.78. The van der Waals surface area contributed by atoms with Gasteiger partial charge in [-0.05, 0) is 43.5 Å². The van der Waals surface area contributed by atoms with Gasteiger partial charge in [0, 0.05) is 6.04 Å². The first-order chi connectivity index (χ1) is 15.5. The van der Waals surface area contributed by atoms with Gasteiger partial charge in [-0.2, -0.15) is 4.98 Å². The minimum atomic E-state index is -4.82. The van der Waals surface area contributed by atoms with Gasteiger partial charge in [-0.3, -0.25) is 4.57 Å². The minimum Gasteiger partial charge on any atom is -0.393 e. The summed E-state index contributed by atoms with van der Waals surface area (Å²) in [5.74, 6) is 0.519. The molecule has 0 amide bonds. The van der Waals surface area contributed by atoms with Crippen LogP contribution in [0.2, 0.25) is 5.28 Å². The molecule has 0 radical (unpaired) electrons. The van der Waals surface area contributed by atoms with Crippen LogP contribution in [0.5, 0.6) is 0 Å². The Balaban J connectivity index is 1.58. The fourth-order valence-electron chi connectivity index (χ4n) is 4.23. The zero-order valence-corrected chi connectivity index (χ0v) is 19.6. The molecule has 33 heavy (non-hydrogen) atoms. The summed E-state index contributed by atoms with van der Waals surface area (Å²) in [4.78, 5) is 23.2. The molecule has 1 saturated carbocycles. The molecule has 4 atom stereocenters. The fraction of sp³-hybridized carbons (Fsp3) is 0.684. The Morgan fingerprint density at radius 3 is 2.73 bits per heavy atom. The second-order valence-corrected chi connectivity index (χ2v) is 11.1. The van der Waals surface area contributed by atoms with Gasteiger partial charge in [0.05, 0.1) is 25.5 Å². The van der Waals surface area contributed by atoms with Crippen molar-refractivity contribution in [3.8, 4) is 0 Å². The van der Waals surface area contributed by atoms with Gasteiger partial charge < -0.3 is 39.9 Å². The molecular formula is C19H28ClN4O8P. The molecule has 3 heterocycles. The fourth-order valence-corrected chi connectivity index (χ4v) is 4.82. The topological polar surface area (TPSA) is 179 Å². The molecule has 6 N–H and O–H groups in total. The molecule has 14 heteroatoms. The summed E-state index contributed by atoms with van der Waals surface area (Å²) in [6.45, 7) is -0.689. The molecule has 2 aromatic heterocycles. The van der Waals surface area contributed by atoms with E-state index in [4.69, 9.17) is 21.1 Å². The van der Waals surface area contributed by atoms with Crippen LogP contribution >= 0.6 is 19.2 Å². The number of nitrogens with zero attached hydrogens (tertiary/aromatic N) is 3. The van der Waals surface area contributed by atoms with Crippen molar-refractivity contribution in [1.82, 2.24) is 14.6 Å². The minimum absolute atomic E-state index is 0.0438. The van der Waals surface area contributed by atoms with E-state index in [9.17, 15) is 29.7 Å². The van der Waals surface area contributed by atoms with Gasteiger partial charge in [-0.15, -0.1) is 5.10 Å². The third kappa shape index (κ3) is 4.52. The number of hydrogen-bond acceptors (Lipinski definition) is 9.